The molecule has 0 saturated carbocycles. The number of aryl methyl sites for hydroxylation is 1. The van der Waals surface area contributed by atoms with Gasteiger partial charge in [-0.2, -0.15) is 18.3 Å². The topological polar surface area (TPSA) is 91.8 Å². The number of nitrogens with one attached hydrogen (secondary N) is 3. The van der Waals surface area contributed by atoms with Crippen LogP contribution in [-0.4, -0.2) is 26.6 Å². The Hall–Kier alpha value is -4.93. The third kappa shape index (κ3) is 6.35. The average Bonchev–Trinajstić information content (AvgIpc) is 3.62. The molecule has 0 bridgehead atoms. The lowest BCUT2D eigenvalue weighted by molar-refractivity contribution is -0.137. The van der Waals surface area contributed by atoms with E-state index in [4.69, 9.17) is 0 Å². The molecule has 0 aliphatic rings. The van der Waals surface area contributed by atoms with Gasteiger partial charge < -0.3 is 15.6 Å². The van der Waals surface area contributed by atoms with Gasteiger partial charge in [-0.1, -0.05) is 31.2 Å². The van der Waals surface area contributed by atoms with E-state index in [1.165, 1.54) is 0 Å². The second-order valence-corrected chi connectivity index (χ2v) is 9.77. The second-order valence-electron chi connectivity index (χ2n) is 9.77. The van der Waals surface area contributed by atoms with Gasteiger partial charge in [0, 0.05) is 41.3 Å². The summed E-state index contributed by atoms with van der Waals surface area (Å²) in [7, 11) is 0. The number of aromatic nitrogens is 3. The third-order valence-electron chi connectivity index (χ3n) is 6.76. The lowest BCUT2D eigenvalue weighted by Gasteiger charge is -2.11. The molecule has 11 heteroatoms. The highest BCUT2D eigenvalue weighted by atomic mass is 19.4. The first-order valence-electron chi connectivity index (χ1n) is 13.3. The quantitative estimate of drug-likeness (QED) is 0.176. The number of carbonyl (C=O) groups is 2. The van der Waals surface area contributed by atoms with Crippen LogP contribution < -0.4 is 10.6 Å². The number of amides is 2. The summed E-state index contributed by atoms with van der Waals surface area (Å²) in [6, 6.07) is 17.9. The minimum atomic E-state index is -4.62. The van der Waals surface area contributed by atoms with Gasteiger partial charge in [0.1, 0.15) is 11.5 Å². The fraction of sp³-hybridized carbons (Fsp3) is 0.194. The number of H-pyrrole nitrogens is 1. The minimum Gasteiger partial charge on any atom is -0.351 e. The van der Waals surface area contributed by atoms with E-state index < -0.39 is 30.0 Å². The van der Waals surface area contributed by atoms with Gasteiger partial charge in [-0.25, -0.2) is 4.39 Å². The number of carbonyl (C=O) groups excluding carboxylic acids is 2. The molecule has 2 heterocycles. The zero-order valence-electron chi connectivity index (χ0n) is 22.6. The number of rotatable bonds is 9. The maximum Gasteiger partial charge on any atom is 0.416 e. The number of fused-ring (bicyclic) bond motifs is 1. The lowest BCUT2D eigenvalue weighted by Crippen LogP contribution is -2.23. The molecule has 3 N–H and O–H groups in total. The smallest absolute Gasteiger partial charge is 0.351 e. The maximum absolute atomic E-state index is 14.0. The van der Waals surface area contributed by atoms with Crippen LogP contribution in [0.15, 0.2) is 79.0 Å². The molecule has 5 aromatic rings. The fourth-order valence-electron chi connectivity index (χ4n) is 4.61. The molecule has 0 spiro atoms. The zero-order valence-corrected chi connectivity index (χ0v) is 22.6. The Labute approximate surface area is 238 Å². The number of alkyl halides is 3. The highest BCUT2D eigenvalue weighted by molar-refractivity contribution is 6.03. The van der Waals surface area contributed by atoms with Crippen LogP contribution in [0, 0.1) is 5.82 Å². The van der Waals surface area contributed by atoms with Crippen molar-refractivity contribution in [2.45, 2.75) is 39.2 Å². The predicted molar refractivity (Wildman–Crippen MR) is 150 cm³/mol. The lowest BCUT2D eigenvalue weighted by atomic mass is 10.00. The van der Waals surface area contributed by atoms with E-state index >= 15 is 0 Å². The molecule has 3 aromatic carbocycles. The highest BCUT2D eigenvalue weighted by Gasteiger charge is 2.31. The molecule has 0 saturated heterocycles. The van der Waals surface area contributed by atoms with Gasteiger partial charge in [-0.3, -0.25) is 14.3 Å². The van der Waals surface area contributed by atoms with Gasteiger partial charge in [0.2, 0.25) is 0 Å². The summed E-state index contributed by atoms with van der Waals surface area (Å²) in [4.78, 5) is 28.6. The molecular formula is C31H27F4N5O2. The van der Waals surface area contributed by atoms with Crippen LogP contribution in [0.2, 0.25) is 0 Å². The summed E-state index contributed by atoms with van der Waals surface area (Å²) < 4.78 is 54.8. The summed E-state index contributed by atoms with van der Waals surface area (Å²) in [5.74, 6) is -1.67. The molecular weight excluding hydrogens is 550 g/mol. The third-order valence-corrected chi connectivity index (χ3v) is 6.76. The van der Waals surface area contributed by atoms with Crippen LogP contribution in [0.4, 0.5) is 17.6 Å². The van der Waals surface area contributed by atoms with Crippen molar-refractivity contribution in [3.8, 4) is 11.1 Å². The number of hydrogen-bond acceptors (Lipinski definition) is 3. The van der Waals surface area contributed by atoms with Gasteiger partial charge in [-0.05, 0) is 66.1 Å². The Bertz CT molecular complexity index is 1740. The highest BCUT2D eigenvalue weighted by Crippen LogP contribution is 2.31. The van der Waals surface area contributed by atoms with Gasteiger partial charge in [0.25, 0.3) is 11.8 Å². The first kappa shape index (κ1) is 28.6. The first-order chi connectivity index (χ1) is 20.1. The largest absolute Gasteiger partial charge is 0.416 e. The van der Waals surface area contributed by atoms with Crippen molar-refractivity contribution >= 4 is 22.7 Å². The van der Waals surface area contributed by atoms with E-state index in [1.807, 2.05) is 35.1 Å². The monoisotopic (exact) mass is 577 g/mol. The van der Waals surface area contributed by atoms with E-state index in [9.17, 15) is 27.2 Å². The molecule has 0 atom stereocenters. The summed E-state index contributed by atoms with van der Waals surface area (Å²) >= 11 is 0. The molecule has 42 heavy (non-hydrogen) atoms. The van der Waals surface area contributed by atoms with Crippen molar-refractivity contribution in [2.75, 3.05) is 0 Å². The van der Waals surface area contributed by atoms with Crippen molar-refractivity contribution in [3.05, 3.63) is 113 Å². The van der Waals surface area contributed by atoms with Crippen LogP contribution in [0.5, 0.6) is 0 Å². The summed E-state index contributed by atoms with van der Waals surface area (Å²) in [5, 5.41) is 10.6. The van der Waals surface area contributed by atoms with Crippen molar-refractivity contribution in [3.63, 3.8) is 0 Å². The van der Waals surface area contributed by atoms with E-state index in [2.05, 4.69) is 27.6 Å². The van der Waals surface area contributed by atoms with E-state index in [1.54, 1.807) is 30.3 Å². The molecule has 2 amide bonds. The number of aromatic amines is 1. The molecule has 0 radical (unpaired) electrons. The molecule has 216 valence electrons. The Kier molecular flexibility index (Phi) is 8.10. The van der Waals surface area contributed by atoms with Gasteiger partial charge in [0.05, 0.1) is 17.8 Å². The maximum atomic E-state index is 14.0. The average molecular weight is 578 g/mol. The molecule has 0 unspecified atom stereocenters. The molecule has 0 aliphatic heterocycles. The summed E-state index contributed by atoms with van der Waals surface area (Å²) in [6.45, 7) is 2.77. The Morgan fingerprint density at radius 2 is 1.69 bits per heavy atom. The van der Waals surface area contributed by atoms with Crippen molar-refractivity contribution < 1.29 is 27.2 Å². The number of halogens is 4. The summed E-state index contributed by atoms with van der Waals surface area (Å²) in [5.41, 5.74) is 2.54. The Balaban J connectivity index is 1.26. The standard InChI is InChI=1S/C31H27F4N5O2/c1-2-13-40-14-12-23(39-40)18-37-30(42)28-16-25-24(4-3-5-27(25)38-28)19-6-8-20(9-7-19)29(41)36-17-21-15-22(31(33,34)35)10-11-26(21)32/h3-12,14-16,38H,2,13,17-18H2,1H3,(H,36,41)(H,37,42). The van der Waals surface area contributed by atoms with Crippen molar-refractivity contribution in [2.24, 2.45) is 0 Å². The van der Waals surface area contributed by atoms with E-state index in [0.29, 0.717) is 24.4 Å². The Morgan fingerprint density at radius 3 is 2.43 bits per heavy atom. The molecule has 5 rings (SSSR count). The number of hydrogen-bond donors (Lipinski definition) is 3. The SMILES string of the molecule is CCCn1ccc(CNC(=O)c2cc3c(-c4ccc(C(=O)NCc5cc(C(F)(F)F)ccc5F)cc4)cccc3[nH]2)n1. The number of nitrogens with zero attached hydrogens (tertiary/aromatic N) is 2. The van der Waals surface area contributed by atoms with Crippen LogP contribution in [0.3, 0.4) is 0 Å². The van der Waals surface area contributed by atoms with Crippen LogP contribution in [0.25, 0.3) is 22.0 Å². The molecule has 0 aliphatic carbocycles. The van der Waals surface area contributed by atoms with Gasteiger partial charge >= 0.3 is 6.18 Å². The predicted octanol–water partition coefficient (Wildman–Crippen LogP) is 6.46. The van der Waals surface area contributed by atoms with Crippen molar-refractivity contribution in [1.29, 1.82) is 0 Å². The first-order valence-corrected chi connectivity index (χ1v) is 13.3. The second kappa shape index (κ2) is 11.9. The van der Waals surface area contributed by atoms with E-state index in [-0.39, 0.29) is 17.0 Å². The molecule has 0 fully saturated rings. The number of benzene rings is 3. The normalized spacial score (nSPS) is 11.5. The van der Waals surface area contributed by atoms with Gasteiger partial charge in [-0.15, -0.1) is 0 Å². The minimum absolute atomic E-state index is 0.258. The van der Waals surface area contributed by atoms with E-state index in [0.717, 1.165) is 46.8 Å². The van der Waals surface area contributed by atoms with Crippen molar-refractivity contribution in [1.82, 2.24) is 25.4 Å². The Morgan fingerprint density at radius 1 is 0.929 bits per heavy atom. The fourth-order valence-corrected chi connectivity index (χ4v) is 4.61. The zero-order chi connectivity index (χ0) is 29.9. The van der Waals surface area contributed by atoms with Gasteiger partial charge in [0.15, 0.2) is 0 Å². The van der Waals surface area contributed by atoms with Crippen LogP contribution >= 0.6 is 0 Å². The molecule has 2 aromatic heterocycles. The van der Waals surface area contributed by atoms with Crippen LogP contribution in [0.1, 0.15) is 51.0 Å². The molecule has 7 nitrogen and oxygen atoms in total. The summed E-state index contributed by atoms with van der Waals surface area (Å²) in [6.07, 6.45) is -1.77. The van der Waals surface area contributed by atoms with Crippen LogP contribution in [-0.2, 0) is 25.8 Å².